The molecular formula is C15H22N2O3. The number of nitrogens with one attached hydrogen (secondary N) is 1. The number of amides is 1. The van der Waals surface area contributed by atoms with Crippen molar-refractivity contribution in [2.75, 3.05) is 13.7 Å². The number of benzene rings is 1. The molecule has 0 bridgehead atoms. The van der Waals surface area contributed by atoms with E-state index in [0.29, 0.717) is 18.0 Å². The quantitative estimate of drug-likeness (QED) is 0.746. The number of hydrogen-bond donors (Lipinski definition) is 2. The second-order valence-electron chi connectivity index (χ2n) is 4.49. The fraction of sp³-hybridized carbons (Fsp3) is 0.400. The highest BCUT2D eigenvalue weighted by atomic mass is 16.5. The Balaban J connectivity index is 2.88. The van der Waals surface area contributed by atoms with E-state index in [9.17, 15) is 4.79 Å². The zero-order valence-electron chi connectivity index (χ0n) is 12.2. The number of carbonyl (C=O) groups excluding carboxylic acids is 1. The van der Waals surface area contributed by atoms with Gasteiger partial charge < -0.3 is 20.5 Å². The van der Waals surface area contributed by atoms with Crippen LogP contribution < -0.4 is 20.5 Å². The molecule has 0 radical (unpaired) electrons. The molecule has 0 saturated carbocycles. The summed E-state index contributed by atoms with van der Waals surface area (Å²) in [6.07, 6.45) is 0.989. The van der Waals surface area contributed by atoms with Crippen molar-refractivity contribution in [2.24, 2.45) is 5.73 Å². The molecule has 2 atom stereocenters. The predicted octanol–water partition coefficient (Wildman–Crippen LogP) is 1.78. The van der Waals surface area contributed by atoms with Crippen LogP contribution in [0.15, 0.2) is 30.9 Å². The summed E-state index contributed by atoms with van der Waals surface area (Å²) in [5.74, 6) is 1.01. The Morgan fingerprint density at radius 1 is 1.50 bits per heavy atom. The van der Waals surface area contributed by atoms with Gasteiger partial charge in [0.2, 0.25) is 0 Å². The zero-order valence-corrected chi connectivity index (χ0v) is 12.2. The Morgan fingerprint density at radius 2 is 2.20 bits per heavy atom. The van der Waals surface area contributed by atoms with Crippen molar-refractivity contribution in [2.45, 2.75) is 26.0 Å². The lowest BCUT2D eigenvalue weighted by atomic mass is 10.1. The Bertz CT molecular complexity index is 472. The molecule has 2 unspecified atom stereocenters. The van der Waals surface area contributed by atoms with Crippen molar-refractivity contribution in [3.05, 3.63) is 36.4 Å². The summed E-state index contributed by atoms with van der Waals surface area (Å²) in [6.45, 7) is 7.50. The van der Waals surface area contributed by atoms with Crippen LogP contribution in [-0.4, -0.2) is 25.7 Å². The van der Waals surface area contributed by atoms with Gasteiger partial charge in [-0.25, -0.2) is 0 Å². The number of ether oxygens (including phenoxy) is 2. The first-order chi connectivity index (χ1) is 9.49. The topological polar surface area (TPSA) is 73.6 Å². The van der Waals surface area contributed by atoms with E-state index < -0.39 is 6.10 Å². The molecule has 0 aliphatic heterocycles. The minimum atomic E-state index is -0.625. The van der Waals surface area contributed by atoms with Crippen LogP contribution in [0.25, 0.3) is 0 Å². The summed E-state index contributed by atoms with van der Waals surface area (Å²) in [6, 6.07) is 5.19. The highest BCUT2D eigenvalue weighted by molar-refractivity contribution is 5.80. The van der Waals surface area contributed by atoms with E-state index in [-0.39, 0.29) is 11.9 Å². The number of nitrogens with two attached hydrogens (primary N) is 1. The molecule has 3 N–H and O–H groups in total. The van der Waals surface area contributed by atoms with Crippen LogP contribution in [0.2, 0.25) is 0 Å². The molecule has 0 fully saturated rings. The minimum Gasteiger partial charge on any atom is -0.497 e. The zero-order chi connectivity index (χ0) is 15.1. The van der Waals surface area contributed by atoms with Crippen molar-refractivity contribution in [3.63, 3.8) is 0 Å². The van der Waals surface area contributed by atoms with Crippen LogP contribution in [0.4, 0.5) is 0 Å². The van der Waals surface area contributed by atoms with Crippen LogP contribution in [0.1, 0.15) is 25.5 Å². The van der Waals surface area contributed by atoms with Gasteiger partial charge in [0.1, 0.15) is 11.5 Å². The molecule has 1 amide bonds. The first-order valence-electron chi connectivity index (χ1n) is 6.48. The minimum absolute atomic E-state index is 0.195. The van der Waals surface area contributed by atoms with Crippen molar-refractivity contribution < 1.29 is 14.3 Å². The van der Waals surface area contributed by atoms with Crippen LogP contribution in [0.5, 0.6) is 11.5 Å². The van der Waals surface area contributed by atoms with Gasteiger partial charge in [0.05, 0.1) is 7.11 Å². The number of carbonyl (C=O) groups is 1. The number of hydrogen-bond acceptors (Lipinski definition) is 4. The summed E-state index contributed by atoms with van der Waals surface area (Å²) in [5, 5.41) is 2.69. The van der Waals surface area contributed by atoms with Gasteiger partial charge >= 0.3 is 0 Å². The first kappa shape index (κ1) is 16.0. The average Bonchev–Trinajstić information content (AvgIpc) is 2.44. The third kappa shape index (κ3) is 4.28. The van der Waals surface area contributed by atoms with Crippen molar-refractivity contribution in [1.29, 1.82) is 0 Å². The van der Waals surface area contributed by atoms with Gasteiger partial charge in [-0.1, -0.05) is 12.1 Å². The molecule has 1 aromatic rings. The van der Waals surface area contributed by atoms with Crippen LogP contribution in [0.3, 0.4) is 0 Å². The van der Waals surface area contributed by atoms with E-state index in [1.807, 2.05) is 19.1 Å². The normalized spacial score (nSPS) is 13.2. The van der Waals surface area contributed by atoms with Gasteiger partial charge in [0.15, 0.2) is 6.10 Å². The molecule has 5 nitrogen and oxygen atoms in total. The van der Waals surface area contributed by atoms with Crippen molar-refractivity contribution in [3.8, 4) is 11.5 Å². The van der Waals surface area contributed by atoms with Gasteiger partial charge in [-0.2, -0.15) is 0 Å². The summed E-state index contributed by atoms with van der Waals surface area (Å²) in [4.78, 5) is 11.8. The Labute approximate surface area is 119 Å². The first-order valence-corrected chi connectivity index (χ1v) is 6.48. The second kappa shape index (κ2) is 7.55. The SMILES string of the molecule is C=CCNC(=O)C(C)Oc1cc(OC)ccc1C(C)N. The molecule has 1 rings (SSSR count). The molecule has 0 spiro atoms. The average molecular weight is 278 g/mol. The van der Waals surface area contributed by atoms with Gasteiger partial charge in [0.25, 0.3) is 5.91 Å². The van der Waals surface area contributed by atoms with E-state index >= 15 is 0 Å². The van der Waals surface area contributed by atoms with Gasteiger partial charge in [0, 0.05) is 24.2 Å². The van der Waals surface area contributed by atoms with E-state index in [2.05, 4.69) is 11.9 Å². The summed E-state index contributed by atoms with van der Waals surface area (Å²) in [7, 11) is 1.57. The highest BCUT2D eigenvalue weighted by Gasteiger charge is 2.17. The number of methoxy groups -OCH3 is 1. The molecule has 0 heterocycles. The molecule has 0 aliphatic rings. The lowest BCUT2D eigenvalue weighted by Gasteiger charge is -2.19. The maximum absolute atomic E-state index is 11.8. The largest absolute Gasteiger partial charge is 0.497 e. The summed E-state index contributed by atoms with van der Waals surface area (Å²) < 4.78 is 10.9. The molecule has 0 aromatic heterocycles. The van der Waals surface area contributed by atoms with E-state index in [1.54, 1.807) is 26.2 Å². The monoisotopic (exact) mass is 278 g/mol. The van der Waals surface area contributed by atoms with Crippen LogP contribution in [-0.2, 0) is 4.79 Å². The van der Waals surface area contributed by atoms with Gasteiger partial charge in [-0.15, -0.1) is 6.58 Å². The molecule has 0 saturated heterocycles. The van der Waals surface area contributed by atoms with Gasteiger partial charge in [-0.05, 0) is 19.9 Å². The predicted molar refractivity (Wildman–Crippen MR) is 78.9 cm³/mol. The second-order valence-corrected chi connectivity index (χ2v) is 4.49. The Morgan fingerprint density at radius 3 is 2.75 bits per heavy atom. The van der Waals surface area contributed by atoms with Crippen molar-refractivity contribution in [1.82, 2.24) is 5.32 Å². The van der Waals surface area contributed by atoms with Gasteiger partial charge in [-0.3, -0.25) is 4.79 Å². The van der Waals surface area contributed by atoms with Crippen molar-refractivity contribution >= 4 is 5.91 Å². The molecule has 5 heteroatoms. The number of rotatable bonds is 7. The highest BCUT2D eigenvalue weighted by Crippen LogP contribution is 2.29. The third-order valence-corrected chi connectivity index (χ3v) is 2.80. The molecule has 20 heavy (non-hydrogen) atoms. The standard InChI is InChI=1S/C15H22N2O3/c1-5-8-17-15(18)11(3)20-14-9-12(19-4)6-7-13(14)10(2)16/h5-7,9-11H,1,8,16H2,2-4H3,(H,17,18). The molecule has 1 aromatic carbocycles. The lowest BCUT2D eigenvalue weighted by molar-refractivity contribution is -0.127. The Hall–Kier alpha value is -2.01. The molecular weight excluding hydrogens is 256 g/mol. The lowest BCUT2D eigenvalue weighted by Crippen LogP contribution is -2.36. The van der Waals surface area contributed by atoms with E-state index in [0.717, 1.165) is 5.56 Å². The maximum atomic E-state index is 11.8. The Kier molecular flexibility index (Phi) is 6.06. The molecule has 0 aliphatic carbocycles. The third-order valence-electron chi connectivity index (χ3n) is 2.80. The smallest absolute Gasteiger partial charge is 0.261 e. The maximum Gasteiger partial charge on any atom is 0.261 e. The molecule has 110 valence electrons. The fourth-order valence-electron chi connectivity index (χ4n) is 1.68. The summed E-state index contributed by atoms with van der Waals surface area (Å²) >= 11 is 0. The van der Waals surface area contributed by atoms with Crippen LogP contribution in [0, 0.1) is 0 Å². The van der Waals surface area contributed by atoms with E-state index in [4.69, 9.17) is 15.2 Å². The van der Waals surface area contributed by atoms with Crippen LogP contribution >= 0.6 is 0 Å². The fourth-order valence-corrected chi connectivity index (χ4v) is 1.68. The van der Waals surface area contributed by atoms with E-state index in [1.165, 1.54) is 0 Å². The summed E-state index contributed by atoms with van der Waals surface area (Å²) in [5.41, 5.74) is 6.73.